The third-order valence-corrected chi connectivity index (χ3v) is 1.51. The molecular formula is C6H10N2O3. The maximum Gasteiger partial charge on any atom is 0.266 e. The Morgan fingerprint density at radius 2 is 2.55 bits per heavy atom. The summed E-state index contributed by atoms with van der Waals surface area (Å²) in [6.45, 7) is 0. The van der Waals surface area contributed by atoms with E-state index in [1.807, 2.05) is 0 Å². The van der Waals surface area contributed by atoms with Crippen LogP contribution in [-0.4, -0.2) is 25.0 Å². The normalized spacial score (nSPS) is 23.0. The molecule has 1 saturated heterocycles. The van der Waals surface area contributed by atoms with Crippen LogP contribution in [0.25, 0.3) is 0 Å². The molecule has 1 heterocycles. The highest BCUT2D eigenvalue weighted by atomic mass is 16.6. The number of rotatable bonds is 2. The van der Waals surface area contributed by atoms with Gasteiger partial charge in [-0.25, -0.2) is 5.48 Å². The molecule has 1 aliphatic heterocycles. The summed E-state index contributed by atoms with van der Waals surface area (Å²) in [5.74, 6) is -0.375. The highest BCUT2D eigenvalue weighted by Crippen LogP contribution is 2.05. The molecule has 2 amide bonds. The molecule has 0 radical (unpaired) electrons. The lowest BCUT2D eigenvalue weighted by atomic mass is 10.2. The Kier molecular flexibility index (Phi) is 2.43. The topological polar surface area (TPSA) is 67.4 Å². The molecular weight excluding hydrogens is 148 g/mol. The first-order valence-corrected chi connectivity index (χ1v) is 3.36. The molecule has 1 aliphatic rings. The molecule has 0 aromatic rings. The molecule has 0 saturated carbocycles. The van der Waals surface area contributed by atoms with Gasteiger partial charge in [0.05, 0.1) is 7.11 Å². The third kappa shape index (κ3) is 1.91. The predicted octanol–water partition coefficient (Wildman–Crippen LogP) is -1.06. The summed E-state index contributed by atoms with van der Waals surface area (Å²) in [5, 5.41) is 2.51. The largest absolute Gasteiger partial charge is 0.344 e. The van der Waals surface area contributed by atoms with Gasteiger partial charge in [-0.1, -0.05) is 0 Å². The fourth-order valence-electron chi connectivity index (χ4n) is 0.982. The molecule has 5 nitrogen and oxygen atoms in total. The van der Waals surface area contributed by atoms with Gasteiger partial charge in [0.2, 0.25) is 5.91 Å². The SMILES string of the molecule is CONC(=O)[C@@H]1CCC(=O)N1. The summed E-state index contributed by atoms with van der Waals surface area (Å²) < 4.78 is 0. The van der Waals surface area contributed by atoms with Crippen molar-refractivity contribution in [2.45, 2.75) is 18.9 Å². The van der Waals surface area contributed by atoms with E-state index in [4.69, 9.17) is 0 Å². The average molecular weight is 158 g/mol. The molecule has 0 aliphatic carbocycles. The van der Waals surface area contributed by atoms with Gasteiger partial charge in [-0.05, 0) is 6.42 Å². The lowest BCUT2D eigenvalue weighted by Gasteiger charge is -2.07. The van der Waals surface area contributed by atoms with Crippen molar-refractivity contribution < 1.29 is 14.4 Å². The zero-order valence-electron chi connectivity index (χ0n) is 6.22. The second-order valence-electron chi connectivity index (χ2n) is 2.33. The summed E-state index contributed by atoms with van der Waals surface area (Å²) in [6.07, 6.45) is 0.968. The summed E-state index contributed by atoms with van der Waals surface area (Å²) in [6, 6.07) is -0.414. The van der Waals surface area contributed by atoms with Gasteiger partial charge in [0.15, 0.2) is 0 Å². The number of hydroxylamine groups is 1. The molecule has 0 bridgehead atoms. The molecule has 0 unspecified atom stereocenters. The van der Waals surface area contributed by atoms with Crippen molar-refractivity contribution >= 4 is 11.8 Å². The Bertz CT molecular complexity index is 181. The molecule has 5 heteroatoms. The van der Waals surface area contributed by atoms with E-state index in [9.17, 15) is 9.59 Å². The summed E-state index contributed by atoms with van der Waals surface area (Å²) in [7, 11) is 1.36. The monoisotopic (exact) mass is 158 g/mol. The van der Waals surface area contributed by atoms with Crippen molar-refractivity contribution in [3.8, 4) is 0 Å². The van der Waals surface area contributed by atoms with E-state index < -0.39 is 6.04 Å². The van der Waals surface area contributed by atoms with Gasteiger partial charge in [0, 0.05) is 6.42 Å². The van der Waals surface area contributed by atoms with Crippen molar-refractivity contribution in [3.05, 3.63) is 0 Å². The van der Waals surface area contributed by atoms with E-state index in [1.54, 1.807) is 0 Å². The van der Waals surface area contributed by atoms with Crippen LogP contribution in [0.2, 0.25) is 0 Å². The molecule has 1 rings (SSSR count). The van der Waals surface area contributed by atoms with Gasteiger partial charge in [-0.2, -0.15) is 0 Å². The predicted molar refractivity (Wildman–Crippen MR) is 36.3 cm³/mol. The Labute approximate surface area is 64.0 Å². The third-order valence-electron chi connectivity index (χ3n) is 1.51. The first-order valence-electron chi connectivity index (χ1n) is 3.36. The van der Waals surface area contributed by atoms with Gasteiger partial charge in [-0.15, -0.1) is 0 Å². The van der Waals surface area contributed by atoms with E-state index >= 15 is 0 Å². The molecule has 62 valence electrons. The zero-order valence-corrected chi connectivity index (χ0v) is 6.22. The van der Waals surface area contributed by atoms with E-state index in [0.29, 0.717) is 12.8 Å². The van der Waals surface area contributed by atoms with Gasteiger partial charge in [-0.3, -0.25) is 14.4 Å². The molecule has 0 aromatic heterocycles. The molecule has 11 heavy (non-hydrogen) atoms. The zero-order chi connectivity index (χ0) is 8.27. The summed E-state index contributed by atoms with van der Waals surface area (Å²) in [5.41, 5.74) is 2.15. The number of hydrogen-bond donors (Lipinski definition) is 2. The maximum absolute atomic E-state index is 10.9. The maximum atomic E-state index is 10.9. The van der Waals surface area contributed by atoms with Gasteiger partial charge in [0.1, 0.15) is 6.04 Å². The van der Waals surface area contributed by atoms with E-state index in [1.165, 1.54) is 7.11 Å². The molecule has 1 fully saturated rings. The van der Waals surface area contributed by atoms with Crippen LogP contribution >= 0.6 is 0 Å². The Balaban J connectivity index is 2.37. The van der Waals surface area contributed by atoms with Crippen molar-refractivity contribution in [1.82, 2.24) is 10.8 Å². The number of hydrogen-bond acceptors (Lipinski definition) is 3. The smallest absolute Gasteiger partial charge is 0.266 e. The highest BCUT2D eigenvalue weighted by Gasteiger charge is 2.26. The van der Waals surface area contributed by atoms with E-state index in [0.717, 1.165) is 0 Å². The highest BCUT2D eigenvalue weighted by molar-refractivity contribution is 5.90. The minimum absolute atomic E-state index is 0.0822. The number of nitrogens with one attached hydrogen (secondary N) is 2. The first kappa shape index (κ1) is 8.00. The Hall–Kier alpha value is -1.10. The lowest BCUT2D eigenvalue weighted by Crippen LogP contribution is -2.41. The van der Waals surface area contributed by atoms with Crippen LogP contribution in [0.15, 0.2) is 0 Å². The fraction of sp³-hybridized carbons (Fsp3) is 0.667. The summed E-state index contributed by atoms with van der Waals surface area (Å²) >= 11 is 0. The second-order valence-corrected chi connectivity index (χ2v) is 2.33. The quantitative estimate of drug-likeness (QED) is 0.503. The van der Waals surface area contributed by atoms with E-state index in [-0.39, 0.29) is 11.8 Å². The van der Waals surface area contributed by atoms with Crippen LogP contribution in [0.5, 0.6) is 0 Å². The van der Waals surface area contributed by atoms with Crippen LogP contribution < -0.4 is 10.8 Å². The number of carbonyl (C=O) groups excluding carboxylic acids is 2. The van der Waals surface area contributed by atoms with E-state index in [2.05, 4.69) is 15.6 Å². The van der Waals surface area contributed by atoms with Gasteiger partial charge in [0.25, 0.3) is 5.91 Å². The van der Waals surface area contributed by atoms with Crippen molar-refractivity contribution in [2.24, 2.45) is 0 Å². The fourth-order valence-corrected chi connectivity index (χ4v) is 0.982. The molecule has 1 atom stereocenters. The first-order chi connectivity index (χ1) is 5.24. The van der Waals surface area contributed by atoms with Gasteiger partial charge < -0.3 is 5.32 Å². The molecule has 0 aromatic carbocycles. The number of carbonyl (C=O) groups is 2. The number of amides is 2. The van der Waals surface area contributed by atoms with Crippen LogP contribution in [0, 0.1) is 0 Å². The van der Waals surface area contributed by atoms with Gasteiger partial charge >= 0.3 is 0 Å². The van der Waals surface area contributed by atoms with Crippen molar-refractivity contribution in [3.63, 3.8) is 0 Å². The minimum Gasteiger partial charge on any atom is -0.344 e. The van der Waals surface area contributed by atoms with Crippen LogP contribution in [0.3, 0.4) is 0 Å². The van der Waals surface area contributed by atoms with Crippen molar-refractivity contribution in [1.29, 1.82) is 0 Å². The van der Waals surface area contributed by atoms with Crippen LogP contribution in [-0.2, 0) is 14.4 Å². The van der Waals surface area contributed by atoms with Crippen molar-refractivity contribution in [2.75, 3.05) is 7.11 Å². The van der Waals surface area contributed by atoms with Crippen LogP contribution in [0.1, 0.15) is 12.8 Å². The Morgan fingerprint density at radius 1 is 1.82 bits per heavy atom. The standard InChI is InChI=1S/C6H10N2O3/c1-11-8-6(10)4-2-3-5(9)7-4/h4H,2-3H2,1H3,(H,7,9)(H,8,10)/t4-/m0/s1. The molecule has 2 N–H and O–H groups in total. The molecule has 0 spiro atoms. The lowest BCUT2D eigenvalue weighted by molar-refractivity contribution is -0.134. The minimum atomic E-state index is -0.414. The Morgan fingerprint density at radius 3 is 3.00 bits per heavy atom. The average Bonchev–Trinajstić information content (AvgIpc) is 2.36. The second kappa shape index (κ2) is 3.34. The van der Waals surface area contributed by atoms with Crippen LogP contribution in [0.4, 0.5) is 0 Å². The summed E-state index contributed by atoms with van der Waals surface area (Å²) in [4.78, 5) is 26.0.